The summed E-state index contributed by atoms with van der Waals surface area (Å²) >= 11 is -2.11. The first-order chi connectivity index (χ1) is 12.6. The molecule has 6 nitrogen and oxygen atoms in total. The molecule has 1 heterocycles. The zero-order valence-electron chi connectivity index (χ0n) is 14.5. The molecule has 3 rings (SSSR count). The van der Waals surface area contributed by atoms with Crippen molar-refractivity contribution in [3.05, 3.63) is 65.7 Å². The number of hydrogen-bond donors (Lipinski definition) is 2. The summed E-state index contributed by atoms with van der Waals surface area (Å²) in [6.07, 6.45) is 0.946. The average molecular weight is 373 g/mol. The molecule has 2 N–H and O–H groups in total. The normalized spacial score (nSPS) is 16.7. The Labute approximate surface area is 156 Å². The lowest BCUT2D eigenvalue weighted by molar-refractivity contribution is 0.0761. The molecule has 0 radical (unpaired) electrons. The molecule has 1 saturated heterocycles. The summed E-state index contributed by atoms with van der Waals surface area (Å²) in [5.41, 5.74) is 2.39. The number of amides is 1. The maximum Gasteiger partial charge on any atom is 0.259 e. The van der Waals surface area contributed by atoms with Gasteiger partial charge in [-0.25, -0.2) is 4.21 Å². The third-order valence-corrected chi connectivity index (χ3v) is 4.87. The van der Waals surface area contributed by atoms with Crippen molar-refractivity contribution in [2.75, 3.05) is 30.9 Å². The lowest BCUT2D eigenvalue weighted by Gasteiger charge is -2.22. The van der Waals surface area contributed by atoms with Crippen molar-refractivity contribution in [3.8, 4) is 0 Å². The molecule has 7 heteroatoms. The highest BCUT2D eigenvalue weighted by atomic mass is 32.2. The predicted molar refractivity (Wildman–Crippen MR) is 103 cm³/mol. The Bertz CT molecular complexity index is 752. The molecule has 138 valence electrons. The maximum atomic E-state index is 12.7. The van der Waals surface area contributed by atoms with E-state index in [1.54, 1.807) is 24.3 Å². The van der Waals surface area contributed by atoms with Crippen molar-refractivity contribution in [2.24, 2.45) is 0 Å². The summed E-state index contributed by atoms with van der Waals surface area (Å²) in [5, 5.41) is 0. The molecule has 0 aromatic heterocycles. The SMILES string of the molecule is O=C(c1ccc(NS(=O)O)cc1)N1CCCN(Cc2ccccc2)CC1. The summed E-state index contributed by atoms with van der Waals surface area (Å²) in [6, 6.07) is 17.0. The van der Waals surface area contributed by atoms with Crippen LogP contribution in [0.15, 0.2) is 54.6 Å². The average Bonchev–Trinajstić information content (AvgIpc) is 2.88. The lowest BCUT2D eigenvalue weighted by Crippen LogP contribution is -2.35. The Hall–Kier alpha value is -2.22. The van der Waals surface area contributed by atoms with Crippen LogP contribution in [0.25, 0.3) is 0 Å². The molecular formula is C19H23N3O3S. The van der Waals surface area contributed by atoms with Crippen LogP contribution in [0.5, 0.6) is 0 Å². The van der Waals surface area contributed by atoms with Crippen LogP contribution in [-0.2, 0) is 17.8 Å². The van der Waals surface area contributed by atoms with Gasteiger partial charge in [0, 0.05) is 44.0 Å². The summed E-state index contributed by atoms with van der Waals surface area (Å²) < 4.78 is 22.0. The van der Waals surface area contributed by atoms with Crippen LogP contribution in [-0.4, -0.2) is 50.6 Å². The van der Waals surface area contributed by atoms with Gasteiger partial charge in [0.1, 0.15) is 0 Å². The maximum absolute atomic E-state index is 12.7. The number of hydrogen-bond acceptors (Lipinski definition) is 3. The van der Waals surface area contributed by atoms with E-state index >= 15 is 0 Å². The number of anilines is 1. The molecule has 0 aliphatic carbocycles. The molecule has 1 fully saturated rings. The van der Waals surface area contributed by atoms with Crippen LogP contribution < -0.4 is 4.72 Å². The van der Waals surface area contributed by atoms with Gasteiger partial charge in [0.25, 0.3) is 17.2 Å². The Balaban J connectivity index is 1.58. The van der Waals surface area contributed by atoms with E-state index in [1.165, 1.54) is 5.56 Å². The van der Waals surface area contributed by atoms with Gasteiger partial charge in [-0.05, 0) is 36.2 Å². The number of nitrogens with one attached hydrogen (secondary N) is 1. The van der Waals surface area contributed by atoms with E-state index in [1.807, 2.05) is 23.1 Å². The number of rotatable bonds is 5. The molecule has 2 aromatic rings. The van der Waals surface area contributed by atoms with Crippen LogP contribution in [0.3, 0.4) is 0 Å². The monoisotopic (exact) mass is 373 g/mol. The topological polar surface area (TPSA) is 72.9 Å². The molecule has 2 aromatic carbocycles. The second kappa shape index (κ2) is 8.93. The highest BCUT2D eigenvalue weighted by Gasteiger charge is 2.20. The van der Waals surface area contributed by atoms with Gasteiger partial charge in [0.05, 0.1) is 0 Å². The number of nitrogens with zero attached hydrogens (tertiary/aromatic N) is 2. The smallest absolute Gasteiger partial charge is 0.259 e. The van der Waals surface area contributed by atoms with Crippen molar-refractivity contribution in [1.29, 1.82) is 0 Å². The molecule has 1 aliphatic rings. The van der Waals surface area contributed by atoms with Crippen LogP contribution in [0.2, 0.25) is 0 Å². The first kappa shape index (κ1) is 18.6. The van der Waals surface area contributed by atoms with Crippen LogP contribution >= 0.6 is 0 Å². The molecule has 0 spiro atoms. The van der Waals surface area contributed by atoms with E-state index < -0.39 is 11.3 Å². The van der Waals surface area contributed by atoms with Crippen molar-refractivity contribution >= 4 is 22.9 Å². The van der Waals surface area contributed by atoms with Crippen LogP contribution in [0.1, 0.15) is 22.3 Å². The van der Waals surface area contributed by atoms with Gasteiger partial charge in [-0.1, -0.05) is 30.3 Å². The second-order valence-corrected chi connectivity index (χ2v) is 7.04. The van der Waals surface area contributed by atoms with Crippen LogP contribution in [0, 0.1) is 0 Å². The molecule has 1 aliphatic heterocycles. The van der Waals surface area contributed by atoms with Gasteiger partial charge in [-0.15, -0.1) is 0 Å². The summed E-state index contributed by atoms with van der Waals surface area (Å²) in [4.78, 5) is 17.0. The minimum absolute atomic E-state index is 0.00299. The Morgan fingerprint density at radius 1 is 1.00 bits per heavy atom. The standard InChI is InChI=1S/C19H23N3O3S/c23-19(17-7-9-18(10-8-17)20-26(24)25)22-12-4-11-21(13-14-22)15-16-5-2-1-3-6-16/h1-3,5-10,20H,4,11-15H2,(H,24,25). The quantitative estimate of drug-likeness (QED) is 0.790. The van der Waals surface area contributed by atoms with Crippen molar-refractivity contribution in [2.45, 2.75) is 13.0 Å². The fourth-order valence-electron chi connectivity index (χ4n) is 3.14. The number of carbonyl (C=O) groups is 1. The van der Waals surface area contributed by atoms with E-state index in [4.69, 9.17) is 4.55 Å². The van der Waals surface area contributed by atoms with Gasteiger partial charge in [-0.3, -0.25) is 19.0 Å². The Morgan fingerprint density at radius 3 is 2.42 bits per heavy atom. The zero-order chi connectivity index (χ0) is 18.4. The third-order valence-electron chi connectivity index (χ3n) is 4.46. The molecule has 1 atom stereocenters. The third kappa shape index (κ3) is 5.14. The summed E-state index contributed by atoms with van der Waals surface area (Å²) in [6.45, 7) is 4.17. The molecular weight excluding hydrogens is 350 g/mol. The van der Waals surface area contributed by atoms with E-state index in [-0.39, 0.29) is 5.91 Å². The van der Waals surface area contributed by atoms with Gasteiger partial charge >= 0.3 is 0 Å². The first-order valence-corrected chi connectivity index (χ1v) is 9.75. The molecule has 0 bridgehead atoms. The summed E-state index contributed by atoms with van der Waals surface area (Å²) in [7, 11) is 0. The fraction of sp³-hybridized carbons (Fsp3) is 0.316. The fourth-order valence-corrected chi connectivity index (χ4v) is 3.48. The van der Waals surface area contributed by atoms with Crippen molar-refractivity contribution in [1.82, 2.24) is 9.80 Å². The number of benzene rings is 2. The second-order valence-electron chi connectivity index (χ2n) is 6.34. The largest absolute Gasteiger partial charge is 0.337 e. The van der Waals surface area contributed by atoms with Crippen molar-refractivity contribution in [3.63, 3.8) is 0 Å². The van der Waals surface area contributed by atoms with Gasteiger partial charge in [0.15, 0.2) is 0 Å². The lowest BCUT2D eigenvalue weighted by atomic mass is 10.2. The Kier molecular flexibility index (Phi) is 6.38. The summed E-state index contributed by atoms with van der Waals surface area (Å²) in [5.74, 6) is 0.00299. The van der Waals surface area contributed by atoms with Crippen LogP contribution in [0.4, 0.5) is 5.69 Å². The van der Waals surface area contributed by atoms with E-state index in [0.717, 1.165) is 32.6 Å². The van der Waals surface area contributed by atoms with E-state index in [2.05, 4.69) is 21.8 Å². The highest BCUT2D eigenvalue weighted by molar-refractivity contribution is 7.80. The molecule has 1 unspecified atom stereocenters. The van der Waals surface area contributed by atoms with E-state index in [9.17, 15) is 9.00 Å². The molecule has 0 saturated carbocycles. The van der Waals surface area contributed by atoms with Gasteiger partial charge < -0.3 is 4.90 Å². The highest BCUT2D eigenvalue weighted by Crippen LogP contribution is 2.14. The molecule has 1 amide bonds. The first-order valence-electron chi connectivity index (χ1n) is 8.65. The van der Waals surface area contributed by atoms with Gasteiger partial charge in [0.2, 0.25) is 0 Å². The van der Waals surface area contributed by atoms with E-state index in [0.29, 0.717) is 17.8 Å². The minimum atomic E-state index is -2.11. The minimum Gasteiger partial charge on any atom is -0.337 e. The predicted octanol–water partition coefficient (Wildman–Crippen LogP) is 2.58. The Morgan fingerprint density at radius 2 is 1.73 bits per heavy atom. The number of carbonyl (C=O) groups excluding carboxylic acids is 1. The zero-order valence-corrected chi connectivity index (χ0v) is 15.3. The van der Waals surface area contributed by atoms with Crippen molar-refractivity contribution < 1.29 is 13.6 Å². The molecule has 26 heavy (non-hydrogen) atoms. The van der Waals surface area contributed by atoms with Gasteiger partial charge in [-0.2, -0.15) is 0 Å².